The van der Waals surface area contributed by atoms with E-state index in [9.17, 15) is 15.0 Å². The molecule has 5 aliphatic rings. The van der Waals surface area contributed by atoms with E-state index >= 15 is 0 Å². The van der Waals surface area contributed by atoms with Crippen LogP contribution in [0.2, 0.25) is 0 Å². The standard InChI is InChI=1S/C31H50O4/c1-26(2)22-10-13-30(6)23(28(22,4)12-11-24(26)33)9-8-20-21-18-27(3,19-32)14-16-31(21,25(34)35-7)17-15-29(20,30)5/h8,21-24,32-33H,9-19H2,1-7H3. The van der Waals surface area contributed by atoms with Crippen molar-refractivity contribution >= 4 is 5.97 Å². The van der Waals surface area contributed by atoms with Gasteiger partial charge in [-0.1, -0.05) is 53.2 Å². The molecule has 4 fully saturated rings. The van der Waals surface area contributed by atoms with Crippen molar-refractivity contribution in [1.82, 2.24) is 0 Å². The molecule has 0 aromatic heterocycles. The van der Waals surface area contributed by atoms with Crippen molar-refractivity contribution < 1.29 is 19.7 Å². The van der Waals surface area contributed by atoms with E-state index in [0.29, 0.717) is 11.8 Å². The SMILES string of the molecule is COC(=O)C12CCC(C)(CO)CC1C1=CCC3C4(C)CCC(O)C(C)(C)C4CCC3(C)C1(C)CC2. The molecule has 4 saturated carbocycles. The number of fused-ring (bicyclic) bond motifs is 7. The quantitative estimate of drug-likeness (QED) is 0.355. The van der Waals surface area contributed by atoms with Crippen LogP contribution in [0.4, 0.5) is 0 Å². The third-order valence-electron chi connectivity index (χ3n) is 13.5. The molecule has 0 aliphatic heterocycles. The predicted octanol–water partition coefficient (Wildman–Crippen LogP) is 6.29. The second-order valence-electron chi connectivity index (χ2n) is 15.0. The van der Waals surface area contributed by atoms with Crippen molar-refractivity contribution in [3.63, 3.8) is 0 Å². The average Bonchev–Trinajstić information content (AvgIpc) is 2.81. The molecule has 0 heterocycles. The molecule has 198 valence electrons. The van der Waals surface area contributed by atoms with E-state index in [1.807, 2.05) is 0 Å². The Balaban J connectivity index is 1.60. The monoisotopic (exact) mass is 486 g/mol. The van der Waals surface area contributed by atoms with Gasteiger partial charge in [-0.3, -0.25) is 4.79 Å². The molecule has 35 heavy (non-hydrogen) atoms. The van der Waals surface area contributed by atoms with Gasteiger partial charge >= 0.3 is 5.97 Å². The summed E-state index contributed by atoms with van der Waals surface area (Å²) in [4.78, 5) is 13.4. The maximum Gasteiger partial charge on any atom is 0.312 e. The number of esters is 1. The number of rotatable bonds is 2. The molecule has 0 bridgehead atoms. The molecule has 9 unspecified atom stereocenters. The summed E-state index contributed by atoms with van der Waals surface area (Å²) in [6, 6.07) is 0. The molecule has 0 saturated heterocycles. The fourth-order valence-electron chi connectivity index (χ4n) is 10.8. The molecule has 0 radical (unpaired) electrons. The Bertz CT molecular complexity index is 923. The average molecular weight is 487 g/mol. The van der Waals surface area contributed by atoms with Gasteiger partial charge in [-0.15, -0.1) is 0 Å². The summed E-state index contributed by atoms with van der Waals surface area (Å²) in [7, 11) is 1.55. The van der Waals surface area contributed by atoms with Gasteiger partial charge in [-0.2, -0.15) is 0 Å². The van der Waals surface area contributed by atoms with E-state index in [1.165, 1.54) is 18.4 Å². The van der Waals surface area contributed by atoms with E-state index in [1.54, 1.807) is 7.11 Å². The van der Waals surface area contributed by atoms with Crippen molar-refractivity contribution in [2.24, 2.45) is 50.2 Å². The second-order valence-corrected chi connectivity index (χ2v) is 15.0. The van der Waals surface area contributed by atoms with Crippen molar-refractivity contribution in [1.29, 1.82) is 0 Å². The highest BCUT2D eigenvalue weighted by Gasteiger charge is 2.69. The number of hydrogen-bond donors (Lipinski definition) is 2. The predicted molar refractivity (Wildman–Crippen MR) is 138 cm³/mol. The van der Waals surface area contributed by atoms with Crippen LogP contribution >= 0.6 is 0 Å². The van der Waals surface area contributed by atoms with Gasteiger partial charge in [0.15, 0.2) is 0 Å². The Labute approximate surface area is 213 Å². The van der Waals surface area contributed by atoms with Gasteiger partial charge < -0.3 is 14.9 Å². The Hall–Kier alpha value is -0.870. The third-order valence-corrected chi connectivity index (χ3v) is 13.5. The summed E-state index contributed by atoms with van der Waals surface area (Å²) in [5, 5.41) is 21.2. The lowest BCUT2D eigenvalue weighted by molar-refractivity contribution is -0.206. The molecule has 4 heteroatoms. The van der Waals surface area contributed by atoms with Gasteiger partial charge in [-0.05, 0) is 109 Å². The number of hydrogen-bond acceptors (Lipinski definition) is 4. The molecule has 0 amide bonds. The summed E-state index contributed by atoms with van der Waals surface area (Å²) < 4.78 is 5.46. The molecule has 0 aromatic rings. The normalized spacial score (nSPS) is 52.8. The van der Waals surface area contributed by atoms with Gasteiger partial charge in [0, 0.05) is 6.61 Å². The van der Waals surface area contributed by atoms with Crippen LogP contribution in [-0.4, -0.2) is 36.0 Å². The smallest absolute Gasteiger partial charge is 0.312 e. The van der Waals surface area contributed by atoms with Crippen molar-refractivity contribution in [2.45, 2.75) is 112 Å². The minimum absolute atomic E-state index is 0.0311. The first-order chi connectivity index (χ1) is 16.2. The Morgan fingerprint density at radius 2 is 1.66 bits per heavy atom. The molecule has 5 rings (SSSR count). The lowest BCUT2D eigenvalue weighted by atomic mass is 9.33. The van der Waals surface area contributed by atoms with Gasteiger partial charge in [-0.25, -0.2) is 0 Å². The highest BCUT2D eigenvalue weighted by molar-refractivity contribution is 5.78. The van der Waals surface area contributed by atoms with Crippen LogP contribution in [0.25, 0.3) is 0 Å². The summed E-state index contributed by atoms with van der Waals surface area (Å²) in [6.45, 7) is 14.6. The maximum atomic E-state index is 13.4. The fourth-order valence-corrected chi connectivity index (χ4v) is 10.8. The van der Waals surface area contributed by atoms with Crippen LogP contribution in [0.3, 0.4) is 0 Å². The molecule has 9 atom stereocenters. The maximum absolute atomic E-state index is 13.4. The Kier molecular flexibility index (Phi) is 5.76. The van der Waals surface area contributed by atoms with Crippen molar-refractivity contribution in [3.05, 3.63) is 11.6 Å². The Morgan fingerprint density at radius 1 is 0.971 bits per heavy atom. The topological polar surface area (TPSA) is 66.8 Å². The molecule has 5 aliphatic carbocycles. The van der Waals surface area contributed by atoms with Crippen LogP contribution in [0.1, 0.15) is 106 Å². The van der Waals surface area contributed by atoms with Gasteiger partial charge in [0.1, 0.15) is 0 Å². The first-order valence-corrected chi connectivity index (χ1v) is 14.3. The molecular weight excluding hydrogens is 436 g/mol. The highest BCUT2D eigenvalue weighted by Crippen LogP contribution is 2.75. The summed E-state index contributed by atoms with van der Waals surface area (Å²) in [6.07, 6.45) is 12.3. The third kappa shape index (κ3) is 3.14. The van der Waals surface area contributed by atoms with E-state index in [0.717, 1.165) is 51.4 Å². The molecular formula is C31H50O4. The fraction of sp³-hybridized carbons (Fsp3) is 0.903. The van der Waals surface area contributed by atoms with Crippen LogP contribution in [-0.2, 0) is 9.53 Å². The number of allylic oxidation sites excluding steroid dienone is 2. The number of aliphatic hydroxyl groups excluding tert-OH is 2. The van der Waals surface area contributed by atoms with E-state index in [-0.39, 0.29) is 51.7 Å². The second kappa shape index (κ2) is 7.82. The lowest BCUT2D eigenvalue weighted by Crippen LogP contribution is -2.65. The van der Waals surface area contributed by atoms with Gasteiger partial charge in [0.25, 0.3) is 0 Å². The minimum atomic E-state index is -0.435. The summed E-state index contributed by atoms with van der Waals surface area (Å²) in [5.74, 6) is 1.26. The summed E-state index contributed by atoms with van der Waals surface area (Å²) in [5.41, 5.74) is 1.35. The zero-order valence-corrected chi connectivity index (χ0v) is 23.4. The summed E-state index contributed by atoms with van der Waals surface area (Å²) >= 11 is 0. The van der Waals surface area contributed by atoms with E-state index in [2.05, 4.69) is 47.6 Å². The first kappa shape index (κ1) is 25.8. The number of aliphatic hydroxyl groups is 2. The van der Waals surface area contributed by atoms with E-state index < -0.39 is 5.41 Å². The number of carbonyl (C=O) groups excluding carboxylic acids is 1. The lowest BCUT2D eigenvalue weighted by Gasteiger charge is -2.71. The number of carbonyl (C=O) groups is 1. The molecule has 4 nitrogen and oxygen atoms in total. The van der Waals surface area contributed by atoms with Crippen LogP contribution in [0.5, 0.6) is 0 Å². The Morgan fingerprint density at radius 3 is 2.31 bits per heavy atom. The van der Waals surface area contributed by atoms with Crippen LogP contribution < -0.4 is 0 Å². The minimum Gasteiger partial charge on any atom is -0.469 e. The number of ether oxygens (including phenoxy) is 1. The highest BCUT2D eigenvalue weighted by atomic mass is 16.5. The molecule has 2 N–H and O–H groups in total. The van der Waals surface area contributed by atoms with Gasteiger partial charge in [0.05, 0.1) is 18.6 Å². The largest absolute Gasteiger partial charge is 0.469 e. The molecule has 0 spiro atoms. The zero-order chi connectivity index (χ0) is 25.7. The zero-order valence-electron chi connectivity index (χ0n) is 23.4. The first-order valence-electron chi connectivity index (χ1n) is 14.3. The number of methoxy groups -OCH3 is 1. The van der Waals surface area contributed by atoms with Gasteiger partial charge in [0.2, 0.25) is 0 Å². The molecule has 0 aromatic carbocycles. The van der Waals surface area contributed by atoms with E-state index in [4.69, 9.17) is 4.74 Å². The van der Waals surface area contributed by atoms with Crippen LogP contribution in [0, 0.1) is 50.2 Å². The van der Waals surface area contributed by atoms with Crippen LogP contribution in [0.15, 0.2) is 11.6 Å². The van der Waals surface area contributed by atoms with Crippen molar-refractivity contribution in [2.75, 3.05) is 13.7 Å². The van der Waals surface area contributed by atoms with Crippen molar-refractivity contribution in [3.8, 4) is 0 Å².